The first-order chi connectivity index (χ1) is 8.11. The molecule has 2 fully saturated rings. The van der Waals surface area contributed by atoms with Gasteiger partial charge in [0.1, 0.15) is 0 Å². The fourth-order valence-corrected chi connectivity index (χ4v) is 3.55. The van der Waals surface area contributed by atoms with Crippen molar-refractivity contribution in [1.82, 2.24) is 10.2 Å². The predicted octanol–water partition coefficient (Wildman–Crippen LogP) is 1.47. The van der Waals surface area contributed by atoms with Gasteiger partial charge in [0.25, 0.3) is 0 Å². The normalized spacial score (nSPS) is 36.2. The highest BCUT2D eigenvalue weighted by Crippen LogP contribution is 2.35. The molecule has 2 aliphatic rings. The molecule has 3 nitrogen and oxygen atoms in total. The molecule has 2 N–H and O–H groups in total. The van der Waals surface area contributed by atoms with Crippen LogP contribution in [0.25, 0.3) is 0 Å². The SMILES string of the molecule is CC(C)N1CC2CCCC(C1)C2N[C@H](C)CO. The summed E-state index contributed by atoms with van der Waals surface area (Å²) in [6.07, 6.45) is 4.11. The standard InChI is InChI=1S/C14H28N2O/c1-10(2)16-7-12-5-4-6-13(8-16)14(12)15-11(3)9-17/h10-15,17H,4-9H2,1-3H3/t11-,12?,13?,14?/m1/s1. The van der Waals surface area contributed by atoms with Crippen LogP contribution in [0.15, 0.2) is 0 Å². The van der Waals surface area contributed by atoms with E-state index in [9.17, 15) is 5.11 Å². The van der Waals surface area contributed by atoms with Gasteiger partial charge >= 0.3 is 0 Å². The van der Waals surface area contributed by atoms with Crippen LogP contribution in [-0.2, 0) is 0 Å². The number of nitrogens with one attached hydrogen (secondary N) is 1. The highest BCUT2D eigenvalue weighted by atomic mass is 16.3. The molecule has 17 heavy (non-hydrogen) atoms. The van der Waals surface area contributed by atoms with Crippen LogP contribution in [0.5, 0.6) is 0 Å². The molecule has 1 aliphatic carbocycles. The summed E-state index contributed by atoms with van der Waals surface area (Å²) in [7, 11) is 0. The second-order valence-corrected chi connectivity index (χ2v) is 6.27. The van der Waals surface area contributed by atoms with E-state index >= 15 is 0 Å². The Morgan fingerprint density at radius 2 is 1.76 bits per heavy atom. The van der Waals surface area contributed by atoms with Crippen molar-refractivity contribution in [3.8, 4) is 0 Å². The number of piperidine rings is 1. The lowest BCUT2D eigenvalue weighted by Gasteiger charge is -2.49. The molecule has 0 radical (unpaired) electrons. The number of likely N-dealkylation sites (tertiary alicyclic amines) is 1. The maximum absolute atomic E-state index is 9.20. The topological polar surface area (TPSA) is 35.5 Å². The Morgan fingerprint density at radius 3 is 2.24 bits per heavy atom. The molecule has 2 bridgehead atoms. The quantitative estimate of drug-likeness (QED) is 0.781. The Morgan fingerprint density at radius 1 is 1.18 bits per heavy atom. The second kappa shape index (κ2) is 5.68. The fraction of sp³-hybridized carbons (Fsp3) is 1.00. The number of hydrogen-bond donors (Lipinski definition) is 2. The van der Waals surface area contributed by atoms with Crippen molar-refractivity contribution >= 4 is 0 Å². The second-order valence-electron chi connectivity index (χ2n) is 6.27. The molecule has 3 atom stereocenters. The molecule has 1 heterocycles. The molecular weight excluding hydrogens is 212 g/mol. The average Bonchev–Trinajstić information content (AvgIpc) is 2.27. The van der Waals surface area contributed by atoms with Gasteiger partial charge in [-0.1, -0.05) is 6.42 Å². The Balaban J connectivity index is 1.99. The lowest BCUT2D eigenvalue weighted by Crippen LogP contribution is -2.60. The van der Waals surface area contributed by atoms with Gasteiger partial charge in [-0.3, -0.25) is 0 Å². The average molecular weight is 240 g/mol. The van der Waals surface area contributed by atoms with Crippen molar-refractivity contribution < 1.29 is 5.11 Å². The molecule has 100 valence electrons. The van der Waals surface area contributed by atoms with Crippen LogP contribution in [0.2, 0.25) is 0 Å². The van der Waals surface area contributed by atoms with Gasteiger partial charge in [0.2, 0.25) is 0 Å². The van der Waals surface area contributed by atoms with Gasteiger partial charge in [-0.15, -0.1) is 0 Å². The first-order valence-electron chi connectivity index (χ1n) is 7.22. The van der Waals surface area contributed by atoms with E-state index in [1.54, 1.807) is 0 Å². The maximum Gasteiger partial charge on any atom is 0.0582 e. The van der Waals surface area contributed by atoms with Gasteiger partial charge in [-0.05, 0) is 45.4 Å². The Kier molecular flexibility index (Phi) is 4.45. The molecule has 0 spiro atoms. The smallest absolute Gasteiger partial charge is 0.0582 e. The fourth-order valence-electron chi connectivity index (χ4n) is 3.55. The van der Waals surface area contributed by atoms with Gasteiger partial charge in [-0.2, -0.15) is 0 Å². The van der Waals surface area contributed by atoms with Gasteiger partial charge in [0.05, 0.1) is 6.61 Å². The van der Waals surface area contributed by atoms with Gasteiger partial charge in [-0.25, -0.2) is 0 Å². The van der Waals surface area contributed by atoms with E-state index in [0.717, 1.165) is 11.8 Å². The van der Waals surface area contributed by atoms with E-state index in [0.29, 0.717) is 12.1 Å². The van der Waals surface area contributed by atoms with E-state index in [1.165, 1.54) is 32.4 Å². The minimum Gasteiger partial charge on any atom is -0.395 e. The van der Waals surface area contributed by atoms with Crippen LogP contribution in [-0.4, -0.2) is 47.8 Å². The maximum atomic E-state index is 9.20. The lowest BCUT2D eigenvalue weighted by molar-refractivity contribution is 0.0226. The van der Waals surface area contributed by atoms with E-state index in [2.05, 4.69) is 31.0 Å². The number of hydrogen-bond acceptors (Lipinski definition) is 3. The predicted molar refractivity (Wildman–Crippen MR) is 71.0 cm³/mol. The summed E-state index contributed by atoms with van der Waals surface area (Å²) in [5, 5.41) is 12.8. The van der Waals surface area contributed by atoms with Crippen molar-refractivity contribution in [2.45, 2.75) is 58.2 Å². The largest absolute Gasteiger partial charge is 0.395 e. The molecule has 2 unspecified atom stereocenters. The first kappa shape index (κ1) is 13.3. The number of aliphatic hydroxyl groups is 1. The number of aliphatic hydroxyl groups excluding tert-OH is 1. The van der Waals surface area contributed by atoms with Crippen molar-refractivity contribution in [2.24, 2.45) is 11.8 Å². The summed E-state index contributed by atoms with van der Waals surface area (Å²) >= 11 is 0. The zero-order valence-electron chi connectivity index (χ0n) is 11.5. The van der Waals surface area contributed by atoms with Crippen LogP contribution in [0.1, 0.15) is 40.0 Å². The summed E-state index contributed by atoms with van der Waals surface area (Å²) in [6, 6.07) is 1.56. The van der Waals surface area contributed by atoms with Crippen molar-refractivity contribution in [1.29, 1.82) is 0 Å². The van der Waals surface area contributed by atoms with Crippen LogP contribution < -0.4 is 5.32 Å². The molecular formula is C14H28N2O. The van der Waals surface area contributed by atoms with E-state index < -0.39 is 0 Å². The Hall–Kier alpha value is -0.120. The first-order valence-corrected chi connectivity index (χ1v) is 7.22. The molecule has 0 aromatic rings. The third-order valence-electron chi connectivity index (χ3n) is 4.58. The highest BCUT2D eigenvalue weighted by molar-refractivity contribution is 4.96. The monoisotopic (exact) mass is 240 g/mol. The Labute approximate surface area is 106 Å². The molecule has 0 aromatic heterocycles. The third kappa shape index (κ3) is 3.01. The summed E-state index contributed by atoms with van der Waals surface area (Å²) in [5.74, 6) is 1.58. The molecule has 3 heteroatoms. The molecule has 1 saturated heterocycles. The minimum absolute atomic E-state index is 0.244. The van der Waals surface area contributed by atoms with Crippen molar-refractivity contribution in [3.05, 3.63) is 0 Å². The van der Waals surface area contributed by atoms with Crippen molar-refractivity contribution in [2.75, 3.05) is 19.7 Å². The number of fused-ring (bicyclic) bond motifs is 2. The van der Waals surface area contributed by atoms with Crippen LogP contribution in [0, 0.1) is 11.8 Å². The van der Waals surface area contributed by atoms with Crippen molar-refractivity contribution in [3.63, 3.8) is 0 Å². The van der Waals surface area contributed by atoms with Crippen LogP contribution in [0.3, 0.4) is 0 Å². The third-order valence-corrected chi connectivity index (χ3v) is 4.58. The molecule has 1 saturated carbocycles. The molecule has 2 rings (SSSR count). The summed E-state index contributed by atoms with van der Waals surface area (Å²) in [5.41, 5.74) is 0. The lowest BCUT2D eigenvalue weighted by atomic mass is 9.73. The zero-order chi connectivity index (χ0) is 12.4. The van der Waals surface area contributed by atoms with Crippen LogP contribution in [0.4, 0.5) is 0 Å². The summed E-state index contributed by atoms with van der Waals surface area (Å²) in [4.78, 5) is 2.64. The Bertz CT molecular complexity index is 230. The van der Waals surface area contributed by atoms with E-state index in [4.69, 9.17) is 0 Å². The van der Waals surface area contributed by atoms with Gasteiger partial charge in [0.15, 0.2) is 0 Å². The van der Waals surface area contributed by atoms with Gasteiger partial charge in [0, 0.05) is 31.2 Å². The summed E-state index contributed by atoms with van der Waals surface area (Å²) in [6.45, 7) is 9.43. The number of nitrogens with zero attached hydrogens (tertiary/aromatic N) is 1. The van der Waals surface area contributed by atoms with Gasteiger partial charge < -0.3 is 15.3 Å². The number of rotatable bonds is 4. The molecule has 1 aliphatic heterocycles. The minimum atomic E-state index is 0.244. The van der Waals surface area contributed by atoms with E-state index in [1.807, 2.05) is 0 Å². The highest BCUT2D eigenvalue weighted by Gasteiger charge is 2.40. The zero-order valence-corrected chi connectivity index (χ0v) is 11.5. The van der Waals surface area contributed by atoms with Crippen LogP contribution >= 0.6 is 0 Å². The molecule has 0 aromatic carbocycles. The molecule has 0 amide bonds. The van der Waals surface area contributed by atoms with E-state index in [-0.39, 0.29) is 12.6 Å². The summed E-state index contributed by atoms with van der Waals surface area (Å²) < 4.78 is 0.